The Kier molecular flexibility index (Phi) is 4.74. The molecule has 0 saturated heterocycles. The molecule has 5 aromatic rings. The molecule has 0 bridgehead atoms. The summed E-state index contributed by atoms with van der Waals surface area (Å²) >= 11 is 0. The number of nitrogens with one attached hydrogen (secondary N) is 1. The van der Waals surface area contributed by atoms with Crippen LogP contribution in [0.4, 0.5) is 14.5 Å². The normalized spacial score (nSPS) is 11.2. The number of carbonyl (C=O) groups excluding carboxylic acids is 1. The Morgan fingerprint density at radius 2 is 1.69 bits per heavy atom. The summed E-state index contributed by atoms with van der Waals surface area (Å²) in [5.74, 6) is -1.43. The van der Waals surface area contributed by atoms with Crippen molar-refractivity contribution in [1.82, 2.24) is 14.2 Å². The Morgan fingerprint density at radius 3 is 2.47 bits per heavy atom. The summed E-state index contributed by atoms with van der Waals surface area (Å²) in [4.78, 5) is 26.0. The Bertz CT molecular complexity index is 1540. The Hall–Kier alpha value is -4.33. The van der Waals surface area contributed by atoms with E-state index in [-0.39, 0.29) is 29.2 Å². The number of rotatable bonds is 4. The van der Waals surface area contributed by atoms with E-state index < -0.39 is 11.7 Å². The van der Waals surface area contributed by atoms with Crippen molar-refractivity contribution in [1.29, 1.82) is 0 Å². The second kappa shape index (κ2) is 7.73. The number of benzene rings is 3. The van der Waals surface area contributed by atoms with Crippen LogP contribution in [0.3, 0.4) is 0 Å². The lowest BCUT2D eigenvalue weighted by atomic mass is 10.1. The Morgan fingerprint density at radius 1 is 0.906 bits per heavy atom. The Balaban J connectivity index is 1.64. The van der Waals surface area contributed by atoms with Crippen molar-refractivity contribution in [3.8, 4) is 0 Å². The molecule has 3 aromatic carbocycles. The van der Waals surface area contributed by atoms with E-state index >= 15 is 0 Å². The first-order valence-electron chi connectivity index (χ1n) is 9.82. The van der Waals surface area contributed by atoms with Gasteiger partial charge in [0.05, 0.1) is 29.5 Å². The number of amides is 1. The molecular formula is C24H16F2N4O2. The van der Waals surface area contributed by atoms with Gasteiger partial charge in [-0.15, -0.1) is 0 Å². The van der Waals surface area contributed by atoms with Crippen molar-refractivity contribution in [2.45, 2.75) is 6.54 Å². The number of anilines is 1. The van der Waals surface area contributed by atoms with Gasteiger partial charge in [-0.25, -0.2) is 13.3 Å². The molecule has 0 aliphatic heterocycles. The molecule has 8 heteroatoms. The molecular weight excluding hydrogens is 414 g/mol. The molecule has 0 fully saturated rings. The van der Waals surface area contributed by atoms with E-state index in [9.17, 15) is 18.4 Å². The largest absolute Gasteiger partial charge is 0.319 e. The maximum absolute atomic E-state index is 13.9. The van der Waals surface area contributed by atoms with Gasteiger partial charge in [-0.05, 0) is 54.1 Å². The van der Waals surface area contributed by atoms with Crippen LogP contribution in [0.1, 0.15) is 15.9 Å². The minimum absolute atomic E-state index is 0.0591. The Labute approximate surface area is 180 Å². The third-order valence-electron chi connectivity index (χ3n) is 5.24. The van der Waals surface area contributed by atoms with E-state index in [0.717, 1.165) is 5.56 Å². The second-order valence-corrected chi connectivity index (χ2v) is 7.28. The van der Waals surface area contributed by atoms with Crippen LogP contribution in [-0.4, -0.2) is 20.1 Å². The zero-order chi connectivity index (χ0) is 22.2. The van der Waals surface area contributed by atoms with Gasteiger partial charge in [0.2, 0.25) is 0 Å². The smallest absolute Gasteiger partial charge is 0.277 e. The van der Waals surface area contributed by atoms with Crippen molar-refractivity contribution in [3.63, 3.8) is 0 Å². The summed E-state index contributed by atoms with van der Waals surface area (Å²) < 4.78 is 30.3. The monoisotopic (exact) mass is 430 g/mol. The molecule has 0 aliphatic rings. The number of nitrogens with zero attached hydrogens (tertiary/aromatic N) is 3. The van der Waals surface area contributed by atoms with Gasteiger partial charge in [0.15, 0.2) is 0 Å². The molecule has 0 saturated carbocycles. The highest BCUT2D eigenvalue weighted by Crippen LogP contribution is 2.20. The van der Waals surface area contributed by atoms with Crippen LogP contribution in [0.25, 0.3) is 16.6 Å². The van der Waals surface area contributed by atoms with Gasteiger partial charge in [0, 0.05) is 5.56 Å². The molecule has 2 heterocycles. The highest BCUT2D eigenvalue weighted by molar-refractivity contribution is 6.06. The van der Waals surface area contributed by atoms with Crippen molar-refractivity contribution in [3.05, 3.63) is 112 Å². The average molecular weight is 430 g/mol. The molecule has 1 amide bonds. The first kappa shape index (κ1) is 19.6. The van der Waals surface area contributed by atoms with Gasteiger partial charge in [0.25, 0.3) is 11.5 Å². The summed E-state index contributed by atoms with van der Waals surface area (Å²) in [7, 11) is 0. The topological polar surface area (TPSA) is 68.4 Å². The second-order valence-electron chi connectivity index (χ2n) is 7.28. The summed E-state index contributed by atoms with van der Waals surface area (Å²) in [5.41, 5.74) is 2.20. The summed E-state index contributed by atoms with van der Waals surface area (Å²) in [6, 6.07) is 18.2. The first-order valence-corrected chi connectivity index (χ1v) is 9.82. The quantitative estimate of drug-likeness (QED) is 0.464. The van der Waals surface area contributed by atoms with E-state index in [1.165, 1.54) is 45.6 Å². The molecule has 2 aromatic heterocycles. The molecule has 5 rings (SSSR count). The molecule has 158 valence electrons. The fourth-order valence-electron chi connectivity index (χ4n) is 3.65. The first-order chi connectivity index (χ1) is 15.5. The third-order valence-corrected chi connectivity index (χ3v) is 5.24. The lowest BCUT2D eigenvalue weighted by Gasteiger charge is -2.14. The molecule has 0 atom stereocenters. The molecule has 32 heavy (non-hydrogen) atoms. The number of fused-ring (bicyclic) bond motifs is 3. The minimum atomic E-state index is -0.548. The van der Waals surface area contributed by atoms with Crippen molar-refractivity contribution < 1.29 is 13.6 Å². The van der Waals surface area contributed by atoms with E-state index in [2.05, 4.69) is 10.4 Å². The highest BCUT2D eigenvalue weighted by Gasteiger charge is 2.16. The number of carbonyl (C=O) groups is 1. The van der Waals surface area contributed by atoms with Crippen LogP contribution in [0.15, 0.2) is 83.8 Å². The highest BCUT2D eigenvalue weighted by atomic mass is 19.1. The number of hydrogen-bond donors (Lipinski definition) is 1. The summed E-state index contributed by atoms with van der Waals surface area (Å²) in [5, 5.41) is 6.77. The summed E-state index contributed by atoms with van der Waals surface area (Å²) in [6.07, 6.45) is 1.53. The van der Waals surface area contributed by atoms with Crippen molar-refractivity contribution >= 4 is 28.1 Å². The van der Waals surface area contributed by atoms with E-state index in [0.29, 0.717) is 16.6 Å². The number of halogens is 2. The maximum Gasteiger partial charge on any atom is 0.277 e. The standard InChI is InChI=1S/C24H16F2N4O2/c25-17-8-5-15(6-9-17)14-29-22-13-16(23(31)28-19-4-2-1-3-18(19)26)7-10-20(22)30-21(24(29)32)11-12-27-30/h1-13H,14H2,(H,28,31). The molecule has 0 aliphatic carbocycles. The molecule has 0 radical (unpaired) electrons. The van der Waals surface area contributed by atoms with Crippen LogP contribution >= 0.6 is 0 Å². The van der Waals surface area contributed by atoms with Gasteiger partial charge in [0.1, 0.15) is 17.2 Å². The van der Waals surface area contributed by atoms with E-state index in [4.69, 9.17) is 0 Å². The van der Waals surface area contributed by atoms with E-state index in [1.807, 2.05) is 0 Å². The zero-order valence-electron chi connectivity index (χ0n) is 16.6. The molecule has 6 nitrogen and oxygen atoms in total. The number of para-hydroxylation sites is 1. The van der Waals surface area contributed by atoms with Crippen molar-refractivity contribution in [2.75, 3.05) is 5.32 Å². The van der Waals surface area contributed by atoms with Crippen LogP contribution in [0, 0.1) is 11.6 Å². The zero-order valence-corrected chi connectivity index (χ0v) is 16.6. The fraction of sp³-hybridized carbons (Fsp3) is 0.0417. The number of hydrogen-bond acceptors (Lipinski definition) is 3. The van der Waals surface area contributed by atoms with Crippen LogP contribution in [0.5, 0.6) is 0 Å². The van der Waals surface area contributed by atoms with Gasteiger partial charge < -0.3 is 9.88 Å². The lowest BCUT2D eigenvalue weighted by Crippen LogP contribution is -2.24. The molecule has 0 unspecified atom stereocenters. The SMILES string of the molecule is O=C(Nc1ccccc1F)c1ccc2c(c1)n(Cc1ccc(F)cc1)c(=O)c1ccnn12. The molecule has 0 spiro atoms. The maximum atomic E-state index is 13.9. The van der Waals surface area contributed by atoms with Gasteiger partial charge in [-0.2, -0.15) is 5.10 Å². The third kappa shape index (κ3) is 3.41. The predicted octanol–water partition coefficient (Wildman–Crippen LogP) is 4.23. The van der Waals surface area contributed by atoms with Crippen LogP contribution in [0.2, 0.25) is 0 Å². The van der Waals surface area contributed by atoms with Crippen molar-refractivity contribution in [2.24, 2.45) is 0 Å². The molecule has 1 N–H and O–H groups in total. The summed E-state index contributed by atoms with van der Waals surface area (Å²) in [6.45, 7) is 0.176. The van der Waals surface area contributed by atoms with Gasteiger partial charge in [-0.3, -0.25) is 9.59 Å². The predicted molar refractivity (Wildman–Crippen MR) is 117 cm³/mol. The minimum Gasteiger partial charge on any atom is -0.319 e. The fourth-order valence-corrected chi connectivity index (χ4v) is 3.65. The lowest BCUT2D eigenvalue weighted by molar-refractivity contribution is 0.102. The van der Waals surface area contributed by atoms with Gasteiger partial charge >= 0.3 is 0 Å². The average Bonchev–Trinajstić information content (AvgIpc) is 3.29. The van der Waals surface area contributed by atoms with E-state index in [1.54, 1.807) is 42.5 Å². The van der Waals surface area contributed by atoms with Crippen LogP contribution in [-0.2, 0) is 6.54 Å². The van der Waals surface area contributed by atoms with Crippen LogP contribution < -0.4 is 10.9 Å². The number of aromatic nitrogens is 3. The van der Waals surface area contributed by atoms with Gasteiger partial charge in [-0.1, -0.05) is 24.3 Å².